The fourth-order valence-electron chi connectivity index (χ4n) is 1.23. The van der Waals surface area contributed by atoms with Gasteiger partial charge in [-0.05, 0) is 30.7 Å². The van der Waals surface area contributed by atoms with Crippen LogP contribution >= 0.6 is 15.9 Å². The maximum Gasteiger partial charge on any atom is 0.124 e. The van der Waals surface area contributed by atoms with Gasteiger partial charge in [-0.15, -0.1) is 0 Å². The van der Waals surface area contributed by atoms with Gasteiger partial charge in [-0.2, -0.15) is 0 Å². The zero-order valence-corrected chi connectivity index (χ0v) is 10.3. The van der Waals surface area contributed by atoms with E-state index in [-0.39, 0.29) is 5.82 Å². The van der Waals surface area contributed by atoms with Gasteiger partial charge in [-0.3, -0.25) is 0 Å². The zero-order valence-electron chi connectivity index (χ0n) is 8.72. The Kier molecular flexibility index (Phi) is 5.83. The molecule has 0 unspecified atom stereocenters. The Balaban J connectivity index is 2.31. The first-order chi connectivity index (χ1) is 7.22. The van der Waals surface area contributed by atoms with Crippen LogP contribution in [0.1, 0.15) is 12.5 Å². The Morgan fingerprint density at radius 2 is 2.20 bits per heavy atom. The van der Waals surface area contributed by atoms with Gasteiger partial charge in [0.1, 0.15) is 5.82 Å². The van der Waals surface area contributed by atoms with E-state index in [9.17, 15) is 4.39 Å². The van der Waals surface area contributed by atoms with Crippen LogP contribution in [0.15, 0.2) is 22.7 Å². The first kappa shape index (κ1) is 12.6. The molecule has 0 aliphatic rings. The third kappa shape index (κ3) is 5.25. The van der Waals surface area contributed by atoms with E-state index in [1.54, 1.807) is 0 Å². The van der Waals surface area contributed by atoms with E-state index < -0.39 is 0 Å². The van der Waals surface area contributed by atoms with Crippen molar-refractivity contribution in [2.75, 3.05) is 19.8 Å². The highest BCUT2D eigenvalue weighted by Crippen LogP contribution is 2.14. The molecule has 0 aromatic heterocycles. The molecule has 0 fully saturated rings. The summed E-state index contributed by atoms with van der Waals surface area (Å²) in [5, 5.41) is 3.18. The van der Waals surface area contributed by atoms with Gasteiger partial charge in [0.15, 0.2) is 0 Å². The van der Waals surface area contributed by atoms with Crippen molar-refractivity contribution in [3.05, 3.63) is 34.1 Å². The summed E-state index contributed by atoms with van der Waals surface area (Å²) < 4.78 is 18.9. The smallest absolute Gasteiger partial charge is 0.124 e. The van der Waals surface area contributed by atoms with Crippen LogP contribution in [0.25, 0.3) is 0 Å². The third-order valence-corrected chi connectivity index (χ3v) is 2.34. The first-order valence-corrected chi connectivity index (χ1v) is 5.75. The molecule has 4 heteroatoms. The lowest BCUT2D eigenvalue weighted by atomic mass is 10.2. The van der Waals surface area contributed by atoms with Crippen molar-refractivity contribution in [1.82, 2.24) is 5.32 Å². The molecule has 1 aromatic rings. The van der Waals surface area contributed by atoms with Crippen LogP contribution in [0.3, 0.4) is 0 Å². The largest absolute Gasteiger partial charge is 0.380 e. The van der Waals surface area contributed by atoms with E-state index in [0.29, 0.717) is 13.2 Å². The number of halogens is 2. The summed E-state index contributed by atoms with van der Waals surface area (Å²) in [6.07, 6.45) is 0. The highest BCUT2D eigenvalue weighted by atomic mass is 79.9. The Hall–Kier alpha value is -0.450. The number of rotatable bonds is 6. The quantitative estimate of drug-likeness (QED) is 0.807. The molecule has 0 spiro atoms. The van der Waals surface area contributed by atoms with Crippen molar-refractivity contribution < 1.29 is 9.13 Å². The van der Waals surface area contributed by atoms with E-state index in [0.717, 1.165) is 23.2 Å². The van der Waals surface area contributed by atoms with Crippen molar-refractivity contribution in [2.24, 2.45) is 0 Å². The summed E-state index contributed by atoms with van der Waals surface area (Å²) in [4.78, 5) is 0. The van der Waals surface area contributed by atoms with Gasteiger partial charge in [0.25, 0.3) is 0 Å². The van der Waals surface area contributed by atoms with Crippen LogP contribution in [-0.4, -0.2) is 19.8 Å². The molecule has 0 atom stereocenters. The average Bonchev–Trinajstić information content (AvgIpc) is 2.16. The Morgan fingerprint density at radius 3 is 2.87 bits per heavy atom. The lowest BCUT2D eigenvalue weighted by Gasteiger charge is -2.05. The minimum atomic E-state index is -0.217. The molecule has 0 amide bonds. The topological polar surface area (TPSA) is 21.3 Å². The Labute approximate surface area is 98.0 Å². The molecule has 0 heterocycles. The molecule has 1 rings (SSSR count). The van der Waals surface area contributed by atoms with Crippen molar-refractivity contribution in [3.8, 4) is 0 Å². The van der Waals surface area contributed by atoms with Crippen LogP contribution in [0.5, 0.6) is 0 Å². The number of benzene rings is 1. The molecule has 0 saturated carbocycles. The molecular formula is C11H15BrFNO. The molecule has 0 bridgehead atoms. The van der Waals surface area contributed by atoms with Gasteiger partial charge in [-0.25, -0.2) is 4.39 Å². The fourth-order valence-corrected chi connectivity index (χ4v) is 1.75. The minimum Gasteiger partial charge on any atom is -0.380 e. The minimum absolute atomic E-state index is 0.217. The molecule has 0 aliphatic carbocycles. The summed E-state index contributed by atoms with van der Waals surface area (Å²) in [6, 6.07) is 4.87. The van der Waals surface area contributed by atoms with Crippen molar-refractivity contribution in [3.63, 3.8) is 0 Å². The Bertz CT molecular complexity index is 286. The number of ether oxygens (including phenoxy) is 1. The highest BCUT2D eigenvalue weighted by molar-refractivity contribution is 9.10. The summed E-state index contributed by atoms with van der Waals surface area (Å²) >= 11 is 3.25. The molecule has 0 aliphatic heterocycles. The summed E-state index contributed by atoms with van der Waals surface area (Å²) in [5.74, 6) is -0.217. The molecule has 1 N–H and O–H groups in total. The van der Waals surface area contributed by atoms with Gasteiger partial charge >= 0.3 is 0 Å². The molecule has 1 aromatic carbocycles. The van der Waals surface area contributed by atoms with E-state index >= 15 is 0 Å². The van der Waals surface area contributed by atoms with Crippen LogP contribution in [0.4, 0.5) is 4.39 Å². The summed E-state index contributed by atoms with van der Waals surface area (Å²) in [7, 11) is 0. The maximum absolute atomic E-state index is 13.0. The maximum atomic E-state index is 13.0. The molecule has 2 nitrogen and oxygen atoms in total. The van der Waals surface area contributed by atoms with Crippen LogP contribution in [-0.2, 0) is 11.3 Å². The first-order valence-electron chi connectivity index (χ1n) is 4.96. The molecule has 15 heavy (non-hydrogen) atoms. The van der Waals surface area contributed by atoms with Crippen LogP contribution in [0.2, 0.25) is 0 Å². The second kappa shape index (κ2) is 6.93. The second-order valence-corrected chi connectivity index (χ2v) is 4.07. The van der Waals surface area contributed by atoms with Crippen LogP contribution < -0.4 is 5.32 Å². The normalized spacial score (nSPS) is 10.6. The fraction of sp³-hybridized carbons (Fsp3) is 0.455. The van der Waals surface area contributed by atoms with Crippen molar-refractivity contribution in [1.29, 1.82) is 0 Å². The number of hydrogen-bond acceptors (Lipinski definition) is 2. The highest BCUT2D eigenvalue weighted by Gasteiger charge is 1.98. The predicted octanol–water partition coefficient (Wildman–Crippen LogP) is 2.71. The molecule has 0 radical (unpaired) electrons. The van der Waals surface area contributed by atoms with Gasteiger partial charge in [0.05, 0.1) is 6.61 Å². The lowest BCUT2D eigenvalue weighted by Crippen LogP contribution is -2.19. The standard InChI is InChI=1S/C11H15BrFNO/c1-2-15-4-3-14-8-9-5-10(12)7-11(13)6-9/h5-7,14H,2-4,8H2,1H3. The van der Waals surface area contributed by atoms with Crippen molar-refractivity contribution in [2.45, 2.75) is 13.5 Å². The molecule has 0 saturated heterocycles. The monoisotopic (exact) mass is 275 g/mol. The van der Waals surface area contributed by atoms with E-state index in [1.165, 1.54) is 12.1 Å². The average molecular weight is 276 g/mol. The van der Waals surface area contributed by atoms with E-state index in [1.807, 2.05) is 13.0 Å². The third-order valence-electron chi connectivity index (χ3n) is 1.88. The molecular weight excluding hydrogens is 261 g/mol. The summed E-state index contributed by atoms with van der Waals surface area (Å²) in [6.45, 7) is 4.81. The molecule has 84 valence electrons. The lowest BCUT2D eigenvalue weighted by molar-refractivity contribution is 0.149. The SMILES string of the molecule is CCOCCNCc1cc(F)cc(Br)c1. The van der Waals surface area contributed by atoms with Gasteiger partial charge in [0.2, 0.25) is 0 Å². The predicted molar refractivity (Wildman–Crippen MR) is 62.3 cm³/mol. The van der Waals surface area contributed by atoms with Gasteiger partial charge in [-0.1, -0.05) is 15.9 Å². The van der Waals surface area contributed by atoms with Gasteiger partial charge in [0, 0.05) is 24.2 Å². The van der Waals surface area contributed by atoms with Gasteiger partial charge < -0.3 is 10.1 Å². The van der Waals surface area contributed by atoms with E-state index in [4.69, 9.17) is 4.74 Å². The summed E-state index contributed by atoms with van der Waals surface area (Å²) in [5.41, 5.74) is 0.929. The second-order valence-electron chi connectivity index (χ2n) is 3.15. The number of hydrogen-bond donors (Lipinski definition) is 1. The Morgan fingerprint density at radius 1 is 1.40 bits per heavy atom. The van der Waals surface area contributed by atoms with Crippen LogP contribution in [0, 0.1) is 5.82 Å². The van der Waals surface area contributed by atoms with Crippen molar-refractivity contribution >= 4 is 15.9 Å². The number of nitrogens with one attached hydrogen (secondary N) is 1. The van der Waals surface area contributed by atoms with E-state index in [2.05, 4.69) is 21.2 Å². The zero-order chi connectivity index (χ0) is 11.1.